The van der Waals surface area contributed by atoms with Crippen LogP contribution in [0.1, 0.15) is 38.1 Å². The van der Waals surface area contributed by atoms with Crippen molar-refractivity contribution in [2.75, 3.05) is 5.73 Å². The molecule has 0 unspecified atom stereocenters. The Morgan fingerprint density at radius 2 is 1.95 bits per heavy atom. The number of benzene rings is 1. The molecule has 0 aliphatic rings. The summed E-state index contributed by atoms with van der Waals surface area (Å²) in [5, 5.41) is 2.75. The molecule has 0 aliphatic carbocycles. The van der Waals surface area contributed by atoms with Crippen LogP contribution in [0.25, 0.3) is 0 Å². The Kier molecular flexibility index (Phi) is 5.16. The van der Waals surface area contributed by atoms with Crippen molar-refractivity contribution in [1.82, 2.24) is 5.32 Å². The van der Waals surface area contributed by atoms with Gasteiger partial charge in [0.15, 0.2) is 6.10 Å². The summed E-state index contributed by atoms with van der Waals surface area (Å²) >= 11 is 3.26. The van der Waals surface area contributed by atoms with Crippen LogP contribution in [0.2, 0.25) is 0 Å². The van der Waals surface area contributed by atoms with E-state index < -0.39 is 12.1 Å². The molecule has 1 atom stereocenters. The van der Waals surface area contributed by atoms with Gasteiger partial charge in [-0.1, -0.05) is 15.9 Å². The van der Waals surface area contributed by atoms with Crippen LogP contribution in [0.5, 0.6) is 0 Å². The van der Waals surface area contributed by atoms with E-state index in [1.165, 1.54) is 6.92 Å². The molecule has 0 aliphatic heterocycles. The quantitative estimate of drug-likeness (QED) is 0.653. The maximum absolute atomic E-state index is 12.0. The molecule has 0 spiro atoms. The fraction of sp³-hybridized carbons (Fsp3) is 0.429. The molecule has 1 rings (SSSR count). The zero-order chi connectivity index (χ0) is 15.5. The molecule has 1 aromatic carbocycles. The lowest BCUT2D eigenvalue weighted by Gasteiger charge is -2.23. The molecule has 0 fully saturated rings. The number of nitrogens with two attached hydrogens (primary N) is 1. The maximum atomic E-state index is 12.0. The average molecular weight is 343 g/mol. The lowest BCUT2D eigenvalue weighted by Crippen LogP contribution is -2.46. The van der Waals surface area contributed by atoms with Gasteiger partial charge in [0.2, 0.25) is 0 Å². The van der Waals surface area contributed by atoms with Gasteiger partial charge in [0.05, 0.1) is 5.56 Å². The Bertz CT molecular complexity index is 524. The van der Waals surface area contributed by atoms with Gasteiger partial charge in [0, 0.05) is 15.7 Å². The van der Waals surface area contributed by atoms with Crippen LogP contribution in [0.15, 0.2) is 22.7 Å². The van der Waals surface area contributed by atoms with Gasteiger partial charge in [-0.15, -0.1) is 0 Å². The van der Waals surface area contributed by atoms with Crippen LogP contribution in [0, 0.1) is 0 Å². The third kappa shape index (κ3) is 4.85. The Labute approximate surface area is 127 Å². The predicted molar refractivity (Wildman–Crippen MR) is 81.3 cm³/mol. The summed E-state index contributed by atoms with van der Waals surface area (Å²) in [6.45, 7) is 7.08. The Hall–Kier alpha value is -1.56. The van der Waals surface area contributed by atoms with Crippen molar-refractivity contribution < 1.29 is 14.3 Å². The van der Waals surface area contributed by atoms with E-state index in [2.05, 4.69) is 21.2 Å². The zero-order valence-electron chi connectivity index (χ0n) is 12.0. The molecule has 1 amide bonds. The average Bonchev–Trinajstić information content (AvgIpc) is 2.29. The van der Waals surface area contributed by atoms with E-state index in [1.54, 1.807) is 18.2 Å². The van der Waals surface area contributed by atoms with Crippen LogP contribution < -0.4 is 11.1 Å². The fourth-order valence-corrected chi connectivity index (χ4v) is 1.82. The predicted octanol–water partition coefficient (Wildman–Crippen LogP) is 2.49. The third-order valence-electron chi connectivity index (χ3n) is 2.39. The number of carbonyl (C=O) groups excluding carboxylic acids is 2. The molecular formula is C14H19BrN2O3. The fourth-order valence-electron chi connectivity index (χ4n) is 1.45. The smallest absolute Gasteiger partial charge is 0.341 e. The standard InChI is InChI=1S/C14H19BrN2O3/c1-8(12(18)17-14(2,3)4)20-13(19)10-7-9(15)5-6-11(10)16/h5-8H,16H2,1-4H3,(H,17,18)/t8-/m1/s1. The van der Waals surface area contributed by atoms with E-state index >= 15 is 0 Å². The molecular weight excluding hydrogens is 324 g/mol. The van der Waals surface area contributed by atoms with Crippen molar-refractivity contribution in [3.05, 3.63) is 28.2 Å². The highest BCUT2D eigenvalue weighted by atomic mass is 79.9. The molecule has 1 aromatic rings. The number of amides is 1. The summed E-state index contributed by atoms with van der Waals surface area (Å²) < 4.78 is 5.84. The number of halogens is 1. The Morgan fingerprint density at radius 1 is 1.35 bits per heavy atom. The molecule has 5 nitrogen and oxygen atoms in total. The maximum Gasteiger partial charge on any atom is 0.341 e. The third-order valence-corrected chi connectivity index (χ3v) is 2.88. The van der Waals surface area contributed by atoms with Gasteiger partial charge in [0.1, 0.15) is 0 Å². The van der Waals surface area contributed by atoms with Crippen molar-refractivity contribution in [2.45, 2.75) is 39.3 Å². The summed E-state index contributed by atoms with van der Waals surface area (Å²) in [7, 11) is 0. The topological polar surface area (TPSA) is 81.4 Å². The summed E-state index contributed by atoms with van der Waals surface area (Å²) in [5.41, 5.74) is 5.88. The number of rotatable bonds is 3. The number of nitrogens with one attached hydrogen (secondary N) is 1. The number of hydrogen-bond acceptors (Lipinski definition) is 4. The summed E-state index contributed by atoms with van der Waals surface area (Å²) in [6, 6.07) is 4.88. The van der Waals surface area contributed by atoms with Crippen LogP contribution in [-0.4, -0.2) is 23.5 Å². The van der Waals surface area contributed by atoms with E-state index in [0.29, 0.717) is 10.2 Å². The second-order valence-corrected chi connectivity index (χ2v) is 6.43. The lowest BCUT2D eigenvalue weighted by atomic mass is 10.1. The van der Waals surface area contributed by atoms with E-state index in [-0.39, 0.29) is 17.0 Å². The van der Waals surface area contributed by atoms with Crippen LogP contribution >= 0.6 is 15.9 Å². The molecule has 0 saturated carbocycles. The van der Waals surface area contributed by atoms with Crippen molar-refractivity contribution in [3.8, 4) is 0 Å². The van der Waals surface area contributed by atoms with Crippen molar-refractivity contribution in [1.29, 1.82) is 0 Å². The van der Waals surface area contributed by atoms with Gasteiger partial charge in [-0.2, -0.15) is 0 Å². The molecule has 0 aromatic heterocycles. The number of nitrogen functional groups attached to an aromatic ring is 1. The first-order chi connectivity index (χ1) is 9.10. The van der Waals surface area contributed by atoms with Gasteiger partial charge < -0.3 is 15.8 Å². The summed E-state index contributed by atoms with van der Waals surface area (Å²) in [4.78, 5) is 23.8. The van der Waals surface area contributed by atoms with E-state index in [9.17, 15) is 9.59 Å². The highest BCUT2D eigenvalue weighted by molar-refractivity contribution is 9.10. The minimum atomic E-state index is -0.889. The SMILES string of the molecule is C[C@@H](OC(=O)c1cc(Br)ccc1N)C(=O)NC(C)(C)C. The molecule has 110 valence electrons. The molecule has 6 heteroatoms. The first-order valence-corrected chi connectivity index (χ1v) is 6.97. The highest BCUT2D eigenvalue weighted by Gasteiger charge is 2.23. The molecule has 0 saturated heterocycles. The molecule has 0 radical (unpaired) electrons. The van der Waals surface area contributed by atoms with Crippen molar-refractivity contribution in [2.24, 2.45) is 0 Å². The van der Waals surface area contributed by atoms with Crippen LogP contribution in [0.4, 0.5) is 5.69 Å². The largest absolute Gasteiger partial charge is 0.449 e. The second kappa shape index (κ2) is 6.26. The Balaban J connectivity index is 2.75. The van der Waals surface area contributed by atoms with Gasteiger partial charge in [-0.05, 0) is 45.9 Å². The molecule has 20 heavy (non-hydrogen) atoms. The minimum absolute atomic E-state index is 0.231. The van der Waals surface area contributed by atoms with Crippen LogP contribution in [0.3, 0.4) is 0 Å². The first-order valence-electron chi connectivity index (χ1n) is 6.18. The minimum Gasteiger partial charge on any atom is -0.449 e. The molecule has 0 heterocycles. The normalized spacial score (nSPS) is 12.7. The Morgan fingerprint density at radius 3 is 2.50 bits per heavy atom. The zero-order valence-corrected chi connectivity index (χ0v) is 13.6. The van der Waals surface area contributed by atoms with Crippen molar-refractivity contribution >= 4 is 33.5 Å². The van der Waals surface area contributed by atoms with Gasteiger partial charge in [0.25, 0.3) is 5.91 Å². The summed E-state index contributed by atoms with van der Waals surface area (Å²) in [5.74, 6) is -0.972. The number of carbonyl (C=O) groups is 2. The molecule has 0 bridgehead atoms. The van der Waals surface area contributed by atoms with E-state index in [0.717, 1.165) is 0 Å². The van der Waals surface area contributed by atoms with Gasteiger partial charge in [-0.3, -0.25) is 4.79 Å². The lowest BCUT2D eigenvalue weighted by molar-refractivity contribution is -0.130. The number of anilines is 1. The molecule has 3 N–H and O–H groups in total. The highest BCUT2D eigenvalue weighted by Crippen LogP contribution is 2.19. The van der Waals surface area contributed by atoms with Crippen LogP contribution in [-0.2, 0) is 9.53 Å². The monoisotopic (exact) mass is 342 g/mol. The number of esters is 1. The first kappa shape index (κ1) is 16.5. The second-order valence-electron chi connectivity index (χ2n) is 5.52. The van der Waals surface area contributed by atoms with E-state index in [4.69, 9.17) is 10.5 Å². The summed E-state index contributed by atoms with van der Waals surface area (Å²) in [6.07, 6.45) is -0.889. The number of ether oxygens (including phenoxy) is 1. The number of hydrogen-bond donors (Lipinski definition) is 2. The van der Waals surface area contributed by atoms with Crippen molar-refractivity contribution in [3.63, 3.8) is 0 Å². The van der Waals surface area contributed by atoms with Gasteiger partial charge in [-0.25, -0.2) is 4.79 Å². The van der Waals surface area contributed by atoms with E-state index in [1.807, 2.05) is 20.8 Å². The van der Waals surface area contributed by atoms with Gasteiger partial charge >= 0.3 is 5.97 Å².